The summed E-state index contributed by atoms with van der Waals surface area (Å²) < 4.78 is 5.54. The van der Waals surface area contributed by atoms with Crippen molar-refractivity contribution in [3.8, 4) is 0 Å². The monoisotopic (exact) mass is 249 g/mol. The van der Waals surface area contributed by atoms with E-state index in [4.69, 9.17) is 9.84 Å². The minimum Gasteiger partial charge on any atom is -0.478 e. The molecule has 1 aromatic rings. The molecule has 0 aliphatic carbocycles. The Kier molecular flexibility index (Phi) is 4.20. The van der Waals surface area contributed by atoms with Gasteiger partial charge in [-0.1, -0.05) is 12.1 Å². The number of nitrogens with one attached hydrogen (secondary N) is 1. The van der Waals surface area contributed by atoms with Crippen molar-refractivity contribution in [1.29, 1.82) is 0 Å². The van der Waals surface area contributed by atoms with Crippen LogP contribution >= 0.6 is 0 Å². The van der Waals surface area contributed by atoms with Gasteiger partial charge in [-0.3, -0.25) is 0 Å². The van der Waals surface area contributed by atoms with E-state index in [0.717, 1.165) is 43.7 Å². The zero-order valence-corrected chi connectivity index (χ0v) is 10.6. The van der Waals surface area contributed by atoms with Gasteiger partial charge in [0.15, 0.2) is 0 Å². The number of hydrogen-bond acceptors (Lipinski definition) is 3. The summed E-state index contributed by atoms with van der Waals surface area (Å²) in [5.74, 6) is -0.890. The second-order valence-corrected chi connectivity index (χ2v) is 4.65. The summed E-state index contributed by atoms with van der Waals surface area (Å²) in [6, 6.07) is 5.31. The Labute approximate surface area is 107 Å². The topological polar surface area (TPSA) is 58.6 Å². The summed E-state index contributed by atoms with van der Waals surface area (Å²) in [5.41, 5.74) is 2.02. The van der Waals surface area contributed by atoms with Gasteiger partial charge in [-0.15, -0.1) is 0 Å². The number of carboxylic acid groups (broad SMARTS) is 1. The molecule has 1 unspecified atom stereocenters. The lowest BCUT2D eigenvalue weighted by Crippen LogP contribution is -2.15. The van der Waals surface area contributed by atoms with Gasteiger partial charge >= 0.3 is 5.97 Å². The van der Waals surface area contributed by atoms with Crippen LogP contribution in [0.15, 0.2) is 18.2 Å². The quantitative estimate of drug-likeness (QED) is 0.842. The maximum absolute atomic E-state index is 11.1. The van der Waals surface area contributed by atoms with Gasteiger partial charge in [-0.25, -0.2) is 4.79 Å². The van der Waals surface area contributed by atoms with E-state index in [-0.39, 0.29) is 0 Å². The molecular formula is C14H19NO3. The van der Waals surface area contributed by atoms with Crippen LogP contribution in [0.5, 0.6) is 0 Å². The molecule has 98 valence electrons. The number of aromatic carboxylic acids is 1. The van der Waals surface area contributed by atoms with Crippen LogP contribution < -0.4 is 5.32 Å². The lowest BCUT2D eigenvalue weighted by atomic mass is 10.1. The Morgan fingerprint density at radius 3 is 3.06 bits per heavy atom. The van der Waals surface area contributed by atoms with Crippen LogP contribution in [-0.4, -0.2) is 30.3 Å². The Bertz CT molecular complexity index is 425. The summed E-state index contributed by atoms with van der Waals surface area (Å²) in [5, 5.41) is 12.4. The smallest absolute Gasteiger partial charge is 0.337 e. The molecule has 1 saturated heterocycles. The number of aryl methyl sites for hydroxylation is 1. The van der Waals surface area contributed by atoms with E-state index >= 15 is 0 Å². The van der Waals surface area contributed by atoms with Gasteiger partial charge in [0.25, 0.3) is 0 Å². The molecule has 0 spiro atoms. The van der Waals surface area contributed by atoms with Gasteiger partial charge in [-0.2, -0.15) is 0 Å². The molecular weight excluding hydrogens is 230 g/mol. The van der Waals surface area contributed by atoms with Crippen LogP contribution in [0.25, 0.3) is 0 Å². The first kappa shape index (κ1) is 12.9. The maximum Gasteiger partial charge on any atom is 0.337 e. The first-order valence-corrected chi connectivity index (χ1v) is 6.37. The van der Waals surface area contributed by atoms with Gasteiger partial charge < -0.3 is 15.2 Å². The van der Waals surface area contributed by atoms with E-state index < -0.39 is 5.97 Å². The van der Waals surface area contributed by atoms with Gasteiger partial charge in [0, 0.05) is 13.2 Å². The van der Waals surface area contributed by atoms with Crippen molar-refractivity contribution in [3.05, 3.63) is 29.3 Å². The number of rotatable bonds is 5. The summed E-state index contributed by atoms with van der Waals surface area (Å²) in [4.78, 5) is 11.1. The molecule has 0 amide bonds. The molecule has 1 aliphatic rings. The molecule has 0 bridgehead atoms. The average molecular weight is 249 g/mol. The highest BCUT2D eigenvalue weighted by Crippen LogP contribution is 2.21. The number of carbonyl (C=O) groups is 1. The Morgan fingerprint density at radius 2 is 2.39 bits per heavy atom. The van der Waals surface area contributed by atoms with Crippen molar-refractivity contribution in [2.45, 2.75) is 32.3 Å². The van der Waals surface area contributed by atoms with Crippen LogP contribution in [0.3, 0.4) is 0 Å². The molecule has 4 heteroatoms. The van der Waals surface area contributed by atoms with E-state index in [2.05, 4.69) is 5.32 Å². The van der Waals surface area contributed by atoms with Crippen LogP contribution in [0.2, 0.25) is 0 Å². The number of anilines is 1. The lowest BCUT2D eigenvalue weighted by Gasteiger charge is -2.14. The molecule has 0 radical (unpaired) electrons. The lowest BCUT2D eigenvalue weighted by molar-refractivity contribution is 0.0698. The van der Waals surface area contributed by atoms with Crippen molar-refractivity contribution < 1.29 is 14.6 Å². The van der Waals surface area contributed by atoms with Gasteiger partial charge in [0.1, 0.15) is 0 Å². The SMILES string of the molecule is Cc1cccc(C(=O)O)c1NCCC1CCCO1. The van der Waals surface area contributed by atoms with Crippen LogP contribution in [0.4, 0.5) is 5.69 Å². The molecule has 0 saturated carbocycles. The van der Waals surface area contributed by atoms with Crippen LogP contribution in [0, 0.1) is 6.92 Å². The molecule has 1 aromatic carbocycles. The number of benzene rings is 1. The molecule has 0 aromatic heterocycles. The molecule has 2 rings (SSSR count). The molecule has 1 aliphatic heterocycles. The molecule has 1 fully saturated rings. The van der Waals surface area contributed by atoms with Crippen molar-refractivity contribution >= 4 is 11.7 Å². The summed E-state index contributed by atoms with van der Waals surface area (Å²) in [7, 11) is 0. The van der Waals surface area contributed by atoms with Gasteiger partial charge in [0.2, 0.25) is 0 Å². The van der Waals surface area contributed by atoms with E-state index in [0.29, 0.717) is 11.7 Å². The van der Waals surface area contributed by atoms with Crippen molar-refractivity contribution in [3.63, 3.8) is 0 Å². The molecule has 1 atom stereocenters. The highest BCUT2D eigenvalue weighted by Gasteiger charge is 2.16. The Morgan fingerprint density at radius 1 is 1.56 bits per heavy atom. The van der Waals surface area contributed by atoms with E-state index in [1.54, 1.807) is 12.1 Å². The zero-order valence-electron chi connectivity index (χ0n) is 10.6. The fourth-order valence-corrected chi connectivity index (χ4v) is 2.31. The fourth-order valence-electron chi connectivity index (χ4n) is 2.31. The second kappa shape index (κ2) is 5.87. The van der Waals surface area contributed by atoms with Gasteiger partial charge in [-0.05, 0) is 37.8 Å². The third-order valence-corrected chi connectivity index (χ3v) is 3.30. The maximum atomic E-state index is 11.1. The highest BCUT2D eigenvalue weighted by atomic mass is 16.5. The zero-order chi connectivity index (χ0) is 13.0. The second-order valence-electron chi connectivity index (χ2n) is 4.65. The van der Waals surface area contributed by atoms with Crippen molar-refractivity contribution in [1.82, 2.24) is 0 Å². The standard InChI is InChI=1S/C14H19NO3/c1-10-4-2-6-12(14(16)17)13(10)15-8-7-11-5-3-9-18-11/h2,4,6,11,15H,3,5,7-9H2,1H3,(H,16,17). The highest BCUT2D eigenvalue weighted by molar-refractivity contribution is 5.95. The Balaban J connectivity index is 1.97. The fraction of sp³-hybridized carbons (Fsp3) is 0.500. The minimum atomic E-state index is -0.890. The third kappa shape index (κ3) is 3.01. The summed E-state index contributed by atoms with van der Waals surface area (Å²) >= 11 is 0. The number of para-hydroxylation sites is 1. The minimum absolute atomic E-state index is 0.329. The third-order valence-electron chi connectivity index (χ3n) is 3.30. The van der Waals surface area contributed by atoms with Crippen molar-refractivity contribution in [2.75, 3.05) is 18.5 Å². The van der Waals surface area contributed by atoms with E-state index in [1.807, 2.05) is 13.0 Å². The number of hydrogen-bond donors (Lipinski definition) is 2. The molecule has 1 heterocycles. The average Bonchev–Trinajstić information content (AvgIpc) is 2.84. The van der Waals surface area contributed by atoms with Crippen molar-refractivity contribution in [2.24, 2.45) is 0 Å². The number of carboxylic acids is 1. The predicted molar refractivity (Wildman–Crippen MR) is 70.2 cm³/mol. The summed E-state index contributed by atoms with van der Waals surface area (Å²) in [6.45, 7) is 3.52. The van der Waals surface area contributed by atoms with Crippen LogP contribution in [0.1, 0.15) is 35.2 Å². The molecule has 4 nitrogen and oxygen atoms in total. The first-order chi connectivity index (χ1) is 8.68. The predicted octanol–water partition coefficient (Wildman–Crippen LogP) is 2.67. The largest absolute Gasteiger partial charge is 0.478 e. The normalized spacial score (nSPS) is 18.8. The Hall–Kier alpha value is -1.55. The van der Waals surface area contributed by atoms with Gasteiger partial charge in [0.05, 0.1) is 17.4 Å². The van der Waals surface area contributed by atoms with E-state index in [9.17, 15) is 4.79 Å². The molecule has 18 heavy (non-hydrogen) atoms. The van der Waals surface area contributed by atoms with E-state index in [1.165, 1.54) is 0 Å². The number of ether oxygens (including phenoxy) is 1. The van der Waals surface area contributed by atoms with Crippen LogP contribution in [-0.2, 0) is 4.74 Å². The first-order valence-electron chi connectivity index (χ1n) is 6.37. The summed E-state index contributed by atoms with van der Waals surface area (Å²) in [6.07, 6.45) is 3.50. The molecule has 2 N–H and O–H groups in total.